The van der Waals surface area contributed by atoms with E-state index in [0.717, 1.165) is 4.47 Å². The third-order valence-corrected chi connectivity index (χ3v) is 2.78. The van der Waals surface area contributed by atoms with Crippen LogP contribution in [0.4, 0.5) is 0 Å². The Balaban J connectivity index is 2.23. The zero-order valence-electron chi connectivity index (χ0n) is 8.15. The molecule has 0 atom stereocenters. The molecule has 4 heteroatoms. The van der Waals surface area contributed by atoms with Crippen molar-refractivity contribution in [3.8, 4) is 17.2 Å². The second-order valence-electron chi connectivity index (χ2n) is 3.17. The summed E-state index contributed by atoms with van der Waals surface area (Å²) in [6.07, 6.45) is 0. The van der Waals surface area contributed by atoms with Crippen molar-refractivity contribution in [2.24, 2.45) is 0 Å². The Morgan fingerprint density at radius 1 is 1.06 bits per heavy atom. The molecule has 0 heterocycles. The van der Waals surface area contributed by atoms with Crippen molar-refractivity contribution in [3.05, 3.63) is 52.0 Å². The average Bonchev–Trinajstić information content (AvgIpc) is 2.25. The van der Waals surface area contributed by atoms with Gasteiger partial charge in [0.05, 0.1) is 5.02 Å². The molecule has 0 fully saturated rings. The third kappa shape index (κ3) is 2.68. The first-order valence-electron chi connectivity index (χ1n) is 4.57. The second-order valence-corrected chi connectivity index (χ2v) is 4.49. The highest BCUT2D eigenvalue weighted by atomic mass is 79.9. The first-order valence-corrected chi connectivity index (χ1v) is 5.74. The van der Waals surface area contributed by atoms with Crippen LogP contribution in [0.3, 0.4) is 0 Å². The zero-order valence-corrected chi connectivity index (χ0v) is 10.5. The quantitative estimate of drug-likeness (QED) is 0.878. The van der Waals surface area contributed by atoms with Crippen LogP contribution in [0.1, 0.15) is 0 Å². The number of hydrogen-bond donors (Lipinski definition) is 1. The third-order valence-electron chi connectivity index (χ3n) is 1.96. The summed E-state index contributed by atoms with van der Waals surface area (Å²) < 4.78 is 6.54. The molecule has 0 bridgehead atoms. The predicted octanol–water partition coefficient (Wildman–Crippen LogP) is 4.60. The Labute approximate surface area is 107 Å². The minimum Gasteiger partial charge on any atom is -0.508 e. The maximum Gasteiger partial charge on any atom is 0.146 e. The van der Waals surface area contributed by atoms with Crippen LogP contribution in [0.15, 0.2) is 46.9 Å². The summed E-state index contributed by atoms with van der Waals surface area (Å²) in [6, 6.07) is 12.0. The van der Waals surface area contributed by atoms with E-state index in [-0.39, 0.29) is 5.75 Å². The van der Waals surface area contributed by atoms with Crippen molar-refractivity contribution in [3.63, 3.8) is 0 Å². The van der Waals surface area contributed by atoms with Crippen LogP contribution in [-0.4, -0.2) is 5.11 Å². The van der Waals surface area contributed by atoms with E-state index in [0.29, 0.717) is 16.5 Å². The number of ether oxygens (including phenoxy) is 1. The lowest BCUT2D eigenvalue weighted by Crippen LogP contribution is -1.84. The maximum absolute atomic E-state index is 9.19. The number of phenolic OH excluding ortho intramolecular Hbond substituents is 1. The summed E-state index contributed by atoms with van der Waals surface area (Å²) in [5, 5.41) is 9.57. The van der Waals surface area contributed by atoms with Gasteiger partial charge in [-0.15, -0.1) is 0 Å². The number of hydrogen-bond acceptors (Lipinski definition) is 2. The first-order chi connectivity index (χ1) is 7.65. The summed E-state index contributed by atoms with van der Waals surface area (Å²) >= 11 is 9.26. The lowest BCUT2D eigenvalue weighted by molar-refractivity contribution is 0.464. The average molecular weight is 300 g/mol. The Hall–Kier alpha value is -1.19. The van der Waals surface area contributed by atoms with Crippen LogP contribution in [0, 0.1) is 0 Å². The van der Waals surface area contributed by atoms with E-state index in [1.165, 1.54) is 12.1 Å². The van der Waals surface area contributed by atoms with Gasteiger partial charge in [-0.1, -0.05) is 27.5 Å². The van der Waals surface area contributed by atoms with Crippen molar-refractivity contribution in [2.75, 3.05) is 0 Å². The Morgan fingerprint density at radius 2 is 1.75 bits per heavy atom. The fraction of sp³-hybridized carbons (Fsp3) is 0. The topological polar surface area (TPSA) is 29.5 Å². The molecule has 2 nitrogen and oxygen atoms in total. The lowest BCUT2D eigenvalue weighted by Gasteiger charge is -2.07. The van der Waals surface area contributed by atoms with E-state index in [1.54, 1.807) is 6.07 Å². The largest absolute Gasteiger partial charge is 0.508 e. The predicted molar refractivity (Wildman–Crippen MR) is 67.3 cm³/mol. The normalized spacial score (nSPS) is 10.1. The molecule has 1 N–H and O–H groups in total. The Bertz CT molecular complexity index is 497. The fourth-order valence-corrected chi connectivity index (χ4v) is 1.68. The molecule has 0 aromatic heterocycles. The second kappa shape index (κ2) is 4.76. The van der Waals surface area contributed by atoms with Crippen LogP contribution in [0.2, 0.25) is 5.02 Å². The van der Waals surface area contributed by atoms with Gasteiger partial charge in [0.1, 0.15) is 17.2 Å². The molecular weight excluding hydrogens is 291 g/mol. The minimum atomic E-state index is 0.119. The molecule has 2 aromatic carbocycles. The summed E-state index contributed by atoms with van der Waals surface area (Å²) in [7, 11) is 0. The van der Waals surface area contributed by atoms with E-state index in [9.17, 15) is 5.11 Å². The van der Waals surface area contributed by atoms with Crippen LogP contribution < -0.4 is 4.74 Å². The van der Waals surface area contributed by atoms with Gasteiger partial charge in [-0.2, -0.15) is 0 Å². The number of phenols is 1. The number of rotatable bonds is 2. The van der Waals surface area contributed by atoms with E-state index in [4.69, 9.17) is 16.3 Å². The smallest absolute Gasteiger partial charge is 0.146 e. The van der Waals surface area contributed by atoms with Crippen molar-refractivity contribution >= 4 is 27.5 Å². The molecule has 0 amide bonds. The molecular formula is C12H8BrClO2. The molecule has 0 aliphatic rings. The summed E-state index contributed by atoms with van der Waals surface area (Å²) in [5.74, 6) is 1.32. The van der Waals surface area contributed by atoms with E-state index < -0.39 is 0 Å². The number of aromatic hydroxyl groups is 1. The highest BCUT2D eigenvalue weighted by Gasteiger charge is 2.03. The van der Waals surface area contributed by atoms with Crippen LogP contribution in [0.5, 0.6) is 17.2 Å². The molecule has 82 valence electrons. The molecule has 0 spiro atoms. The van der Waals surface area contributed by atoms with E-state index in [1.807, 2.05) is 24.3 Å². The molecule has 0 saturated carbocycles. The van der Waals surface area contributed by atoms with E-state index >= 15 is 0 Å². The summed E-state index contributed by atoms with van der Waals surface area (Å²) in [4.78, 5) is 0. The molecule has 0 unspecified atom stereocenters. The van der Waals surface area contributed by atoms with Gasteiger partial charge in [-0.3, -0.25) is 0 Å². The van der Waals surface area contributed by atoms with Gasteiger partial charge in [0.15, 0.2) is 0 Å². The monoisotopic (exact) mass is 298 g/mol. The van der Waals surface area contributed by atoms with Crippen LogP contribution in [-0.2, 0) is 0 Å². The molecule has 2 aromatic rings. The van der Waals surface area contributed by atoms with Gasteiger partial charge < -0.3 is 9.84 Å². The first kappa shape index (κ1) is 11.3. The van der Waals surface area contributed by atoms with Crippen molar-refractivity contribution in [1.29, 1.82) is 0 Å². The Morgan fingerprint density at radius 3 is 2.38 bits per heavy atom. The minimum absolute atomic E-state index is 0.119. The summed E-state index contributed by atoms with van der Waals surface area (Å²) in [5.41, 5.74) is 0. The van der Waals surface area contributed by atoms with Crippen LogP contribution in [0.25, 0.3) is 0 Å². The molecule has 16 heavy (non-hydrogen) atoms. The lowest BCUT2D eigenvalue weighted by atomic mass is 10.3. The molecule has 0 radical (unpaired) electrons. The van der Waals surface area contributed by atoms with Gasteiger partial charge in [0, 0.05) is 10.5 Å². The zero-order chi connectivity index (χ0) is 11.5. The van der Waals surface area contributed by atoms with Crippen molar-refractivity contribution in [2.45, 2.75) is 0 Å². The standard InChI is InChI=1S/C12H8BrClO2/c13-8-1-4-10(5-2-8)16-12-6-3-9(15)7-11(12)14/h1-7,15H. The van der Waals surface area contributed by atoms with Gasteiger partial charge >= 0.3 is 0 Å². The van der Waals surface area contributed by atoms with Gasteiger partial charge in [-0.25, -0.2) is 0 Å². The Kier molecular flexibility index (Phi) is 3.36. The maximum atomic E-state index is 9.19. The van der Waals surface area contributed by atoms with E-state index in [2.05, 4.69) is 15.9 Å². The van der Waals surface area contributed by atoms with Crippen molar-refractivity contribution < 1.29 is 9.84 Å². The molecule has 0 saturated heterocycles. The summed E-state index contributed by atoms with van der Waals surface area (Å²) in [6.45, 7) is 0. The van der Waals surface area contributed by atoms with Gasteiger partial charge in [0.25, 0.3) is 0 Å². The van der Waals surface area contributed by atoms with Gasteiger partial charge in [-0.05, 0) is 36.4 Å². The molecule has 2 rings (SSSR count). The van der Waals surface area contributed by atoms with Gasteiger partial charge in [0.2, 0.25) is 0 Å². The number of benzene rings is 2. The number of halogens is 2. The molecule has 0 aliphatic heterocycles. The highest BCUT2D eigenvalue weighted by molar-refractivity contribution is 9.10. The molecule has 0 aliphatic carbocycles. The SMILES string of the molecule is Oc1ccc(Oc2ccc(Br)cc2)c(Cl)c1. The van der Waals surface area contributed by atoms with Crippen LogP contribution >= 0.6 is 27.5 Å². The fourth-order valence-electron chi connectivity index (χ4n) is 1.20. The van der Waals surface area contributed by atoms with Crippen molar-refractivity contribution in [1.82, 2.24) is 0 Å². The highest BCUT2D eigenvalue weighted by Crippen LogP contribution is 2.32.